The number of ether oxygens (including phenoxy) is 2. The fourth-order valence-corrected chi connectivity index (χ4v) is 7.60. The first kappa shape index (κ1) is 27.6. The monoisotopic (exact) mass is 634 g/mol. The highest BCUT2D eigenvalue weighted by molar-refractivity contribution is 6.13. The fraction of sp³-hybridized carbons (Fsp3) is 0.0455. The molecule has 0 N–H and O–H groups in total. The van der Waals surface area contributed by atoms with Gasteiger partial charge in [0.2, 0.25) is 0 Å². The highest BCUT2D eigenvalue weighted by atomic mass is 16.5. The Labute approximate surface area is 281 Å². The van der Waals surface area contributed by atoms with Crippen molar-refractivity contribution in [3.8, 4) is 34.0 Å². The lowest BCUT2D eigenvalue weighted by atomic mass is 10.0. The molecular formula is C44H30N2O3. The largest absolute Gasteiger partial charge is 0.497 e. The first-order valence-electron chi connectivity index (χ1n) is 16.4. The van der Waals surface area contributed by atoms with E-state index in [2.05, 4.69) is 130 Å². The molecule has 49 heavy (non-hydrogen) atoms. The number of para-hydroxylation sites is 2. The third-order valence-electron chi connectivity index (χ3n) is 9.91. The Morgan fingerprint density at radius 3 is 1.73 bits per heavy atom. The van der Waals surface area contributed by atoms with E-state index in [0.29, 0.717) is 0 Å². The zero-order chi connectivity index (χ0) is 32.6. The fourth-order valence-electron chi connectivity index (χ4n) is 7.60. The van der Waals surface area contributed by atoms with Crippen molar-refractivity contribution < 1.29 is 13.9 Å². The number of hydrogen-bond acceptors (Lipinski definition) is 3. The van der Waals surface area contributed by atoms with Crippen LogP contribution in [0.1, 0.15) is 0 Å². The Morgan fingerprint density at radius 2 is 0.980 bits per heavy atom. The van der Waals surface area contributed by atoms with E-state index in [1.165, 1.54) is 10.8 Å². The summed E-state index contributed by atoms with van der Waals surface area (Å²) in [5, 5.41) is 6.86. The molecule has 0 aliphatic heterocycles. The molecule has 0 aliphatic rings. The molecule has 3 aromatic heterocycles. The summed E-state index contributed by atoms with van der Waals surface area (Å²) in [6, 6.07) is 51.5. The number of methoxy groups -OCH3 is 2. The lowest BCUT2D eigenvalue weighted by Crippen LogP contribution is -1.94. The second kappa shape index (κ2) is 10.5. The molecule has 0 atom stereocenters. The number of furan rings is 1. The number of fused-ring (bicyclic) bond motifs is 9. The first-order chi connectivity index (χ1) is 24.2. The van der Waals surface area contributed by atoms with Gasteiger partial charge in [0.15, 0.2) is 0 Å². The molecule has 0 radical (unpaired) electrons. The van der Waals surface area contributed by atoms with E-state index in [9.17, 15) is 0 Å². The summed E-state index contributed by atoms with van der Waals surface area (Å²) in [6.45, 7) is 0. The molecule has 10 rings (SSSR count). The van der Waals surface area contributed by atoms with Crippen molar-refractivity contribution in [2.24, 2.45) is 0 Å². The van der Waals surface area contributed by atoms with Gasteiger partial charge in [0, 0.05) is 43.7 Å². The van der Waals surface area contributed by atoms with Gasteiger partial charge in [0.1, 0.15) is 22.7 Å². The summed E-state index contributed by atoms with van der Waals surface area (Å²) in [6.07, 6.45) is 0. The van der Waals surface area contributed by atoms with Crippen LogP contribution in [0.25, 0.3) is 88.1 Å². The third kappa shape index (κ3) is 4.12. The van der Waals surface area contributed by atoms with Crippen molar-refractivity contribution in [1.29, 1.82) is 0 Å². The molecule has 10 aromatic rings. The first-order valence-corrected chi connectivity index (χ1v) is 16.4. The van der Waals surface area contributed by atoms with Gasteiger partial charge in [0.05, 0.1) is 36.3 Å². The number of benzene rings is 7. The molecular weight excluding hydrogens is 604 g/mol. The summed E-state index contributed by atoms with van der Waals surface area (Å²) in [4.78, 5) is 0. The van der Waals surface area contributed by atoms with Gasteiger partial charge in [-0.2, -0.15) is 0 Å². The second-order valence-corrected chi connectivity index (χ2v) is 12.5. The van der Waals surface area contributed by atoms with Gasteiger partial charge >= 0.3 is 0 Å². The smallest absolute Gasteiger partial charge is 0.135 e. The quantitative estimate of drug-likeness (QED) is 0.189. The van der Waals surface area contributed by atoms with Crippen molar-refractivity contribution in [3.63, 3.8) is 0 Å². The van der Waals surface area contributed by atoms with Crippen molar-refractivity contribution >= 4 is 65.6 Å². The number of aromatic nitrogens is 2. The molecule has 3 heterocycles. The molecule has 0 fully saturated rings. The molecule has 0 spiro atoms. The van der Waals surface area contributed by atoms with Gasteiger partial charge in [-0.15, -0.1) is 0 Å². The van der Waals surface area contributed by atoms with Gasteiger partial charge in [-0.25, -0.2) is 0 Å². The van der Waals surface area contributed by atoms with Gasteiger partial charge in [-0.05, 0) is 102 Å². The summed E-state index contributed by atoms with van der Waals surface area (Å²) in [7, 11) is 3.44. The molecule has 5 nitrogen and oxygen atoms in total. The van der Waals surface area contributed by atoms with Crippen molar-refractivity contribution in [2.45, 2.75) is 0 Å². The highest BCUT2D eigenvalue weighted by Crippen LogP contribution is 2.40. The van der Waals surface area contributed by atoms with E-state index in [-0.39, 0.29) is 0 Å². The maximum atomic E-state index is 6.18. The molecule has 0 amide bonds. The summed E-state index contributed by atoms with van der Waals surface area (Å²) in [5.74, 6) is 1.68. The molecule has 5 heteroatoms. The van der Waals surface area contributed by atoms with E-state index in [1.807, 2.05) is 24.3 Å². The maximum absolute atomic E-state index is 6.18. The zero-order valence-corrected chi connectivity index (χ0v) is 27.0. The maximum Gasteiger partial charge on any atom is 0.135 e. The Bertz CT molecular complexity index is 2910. The van der Waals surface area contributed by atoms with Gasteiger partial charge in [-0.1, -0.05) is 54.6 Å². The van der Waals surface area contributed by atoms with E-state index in [1.54, 1.807) is 14.2 Å². The van der Waals surface area contributed by atoms with Crippen LogP contribution in [0.4, 0.5) is 0 Å². The number of hydrogen-bond donors (Lipinski definition) is 0. The second-order valence-electron chi connectivity index (χ2n) is 12.5. The summed E-state index contributed by atoms with van der Waals surface area (Å²) < 4.78 is 22.2. The van der Waals surface area contributed by atoms with Crippen molar-refractivity contribution in [2.75, 3.05) is 14.2 Å². The van der Waals surface area contributed by atoms with E-state index in [4.69, 9.17) is 13.9 Å². The Kier molecular flexibility index (Phi) is 5.94. The topological polar surface area (TPSA) is 41.5 Å². The van der Waals surface area contributed by atoms with Crippen LogP contribution in [0.2, 0.25) is 0 Å². The molecule has 7 aromatic carbocycles. The number of rotatable bonds is 5. The third-order valence-corrected chi connectivity index (χ3v) is 9.91. The molecule has 0 bridgehead atoms. The molecule has 234 valence electrons. The van der Waals surface area contributed by atoms with Crippen LogP contribution in [0.5, 0.6) is 11.5 Å². The van der Waals surface area contributed by atoms with Crippen LogP contribution in [0, 0.1) is 0 Å². The molecule has 0 unspecified atom stereocenters. The highest BCUT2D eigenvalue weighted by Gasteiger charge is 2.18. The van der Waals surface area contributed by atoms with Gasteiger partial charge in [0.25, 0.3) is 0 Å². The van der Waals surface area contributed by atoms with Crippen LogP contribution in [-0.2, 0) is 0 Å². The van der Waals surface area contributed by atoms with Crippen LogP contribution >= 0.6 is 0 Å². The average Bonchev–Trinajstić information content (AvgIpc) is 3.81. The van der Waals surface area contributed by atoms with Crippen LogP contribution in [-0.4, -0.2) is 23.4 Å². The van der Waals surface area contributed by atoms with Crippen molar-refractivity contribution in [1.82, 2.24) is 9.13 Å². The van der Waals surface area contributed by atoms with E-state index >= 15 is 0 Å². The summed E-state index contributed by atoms with van der Waals surface area (Å²) in [5.41, 5.74) is 10.8. The minimum Gasteiger partial charge on any atom is -0.497 e. The predicted octanol–water partition coefficient (Wildman–Crippen LogP) is 11.5. The predicted molar refractivity (Wildman–Crippen MR) is 201 cm³/mol. The number of nitrogens with zero attached hydrogens (tertiary/aromatic N) is 2. The molecule has 0 aliphatic carbocycles. The standard InChI is InChI=1S/C44H30N2O3/c1-47-31-15-19-40-36(25-31)33-17-12-28(23-42(33)46(40)30-14-21-44-38(24-30)34-10-6-7-11-43(34)49-44)27-13-18-39-35(22-27)37-26-32(48-2)16-20-41(37)45(39)29-8-4-3-5-9-29/h3-26H,1-2H3. The Morgan fingerprint density at radius 1 is 0.388 bits per heavy atom. The van der Waals surface area contributed by atoms with E-state index in [0.717, 1.165) is 88.8 Å². The van der Waals surface area contributed by atoms with Crippen LogP contribution in [0.15, 0.2) is 150 Å². The van der Waals surface area contributed by atoms with Crippen molar-refractivity contribution in [3.05, 3.63) is 146 Å². The van der Waals surface area contributed by atoms with Gasteiger partial charge < -0.3 is 23.0 Å². The zero-order valence-electron chi connectivity index (χ0n) is 27.0. The minimum atomic E-state index is 0.836. The lowest BCUT2D eigenvalue weighted by Gasteiger charge is -2.10. The molecule has 0 saturated heterocycles. The Balaban J connectivity index is 1.22. The van der Waals surface area contributed by atoms with Gasteiger partial charge in [-0.3, -0.25) is 0 Å². The van der Waals surface area contributed by atoms with E-state index < -0.39 is 0 Å². The molecule has 0 saturated carbocycles. The lowest BCUT2D eigenvalue weighted by molar-refractivity contribution is 0.415. The van der Waals surface area contributed by atoms with Crippen LogP contribution < -0.4 is 9.47 Å². The normalized spacial score (nSPS) is 11.9. The average molecular weight is 635 g/mol. The minimum absolute atomic E-state index is 0.836. The van der Waals surface area contributed by atoms with Crippen LogP contribution in [0.3, 0.4) is 0 Å². The summed E-state index contributed by atoms with van der Waals surface area (Å²) >= 11 is 0. The SMILES string of the molecule is COc1ccc2c(c1)c1cc(-c3ccc4c5cc(OC)ccc5n(-c5ccc6oc7ccccc7c6c5)c4c3)ccc1n2-c1ccccc1. The Hall–Kier alpha value is -6.46.